The maximum absolute atomic E-state index is 13.2. The molecule has 0 fully saturated rings. The number of thiophene rings is 1. The van der Waals surface area contributed by atoms with E-state index in [4.69, 9.17) is 4.74 Å². The molecule has 4 rings (SSSR count). The van der Waals surface area contributed by atoms with Crippen LogP contribution in [0.3, 0.4) is 0 Å². The molecule has 2 aliphatic rings. The third-order valence-electron chi connectivity index (χ3n) is 5.09. The second kappa shape index (κ2) is 7.66. The summed E-state index contributed by atoms with van der Waals surface area (Å²) in [4.78, 5) is 30.6. The predicted octanol–water partition coefficient (Wildman–Crippen LogP) is 2.92. The molecule has 5 nitrogen and oxygen atoms in total. The second-order valence-corrected chi connectivity index (χ2v) is 7.70. The summed E-state index contributed by atoms with van der Waals surface area (Å²) in [5.41, 5.74) is 3.64. The molecule has 27 heavy (non-hydrogen) atoms. The molecule has 2 amide bonds. The van der Waals surface area contributed by atoms with Gasteiger partial charge in [-0.25, -0.2) is 0 Å². The average molecular weight is 382 g/mol. The summed E-state index contributed by atoms with van der Waals surface area (Å²) in [6.45, 7) is 2.31. The topological polar surface area (TPSA) is 49.9 Å². The van der Waals surface area contributed by atoms with Gasteiger partial charge in [0.2, 0.25) is 0 Å². The number of carbonyl (C=O) groups excluding carboxylic acids is 2. The van der Waals surface area contributed by atoms with Crippen molar-refractivity contribution in [2.75, 3.05) is 26.8 Å². The molecule has 140 valence electrons. The minimum absolute atomic E-state index is 0.182. The molecule has 0 unspecified atom stereocenters. The lowest BCUT2D eigenvalue weighted by Gasteiger charge is -2.31. The lowest BCUT2D eigenvalue weighted by Crippen LogP contribution is -2.38. The first-order valence-corrected chi connectivity index (χ1v) is 10.0. The number of imide groups is 1. The van der Waals surface area contributed by atoms with Crippen molar-refractivity contribution in [1.82, 2.24) is 9.80 Å². The van der Waals surface area contributed by atoms with Crippen molar-refractivity contribution in [3.8, 4) is 0 Å². The van der Waals surface area contributed by atoms with Gasteiger partial charge in [0, 0.05) is 38.2 Å². The molecule has 2 aromatic rings. The number of methoxy groups -OCH3 is 1. The van der Waals surface area contributed by atoms with Gasteiger partial charge in [-0.3, -0.25) is 14.5 Å². The van der Waals surface area contributed by atoms with Gasteiger partial charge < -0.3 is 9.64 Å². The van der Waals surface area contributed by atoms with Gasteiger partial charge in [-0.2, -0.15) is 0 Å². The SMILES string of the molecule is COCCCN1C(=O)C(c2cccs2)=C(N2CCc3ccccc3C2)C1=O. The van der Waals surface area contributed by atoms with E-state index in [0.29, 0.717) is 37.4 Å². The number of fused-ring (bicyclic) bond motifs is 1. The smallest absolute Gasteiger partial charge is 0.277 e. The predicted molar refractivity (Wildman–Crippen MR) is 105 cm³/mol. The van der Waals surface area contributed by atoms with Crippen molar-refractivity contribution in [2.45, 2.75) is 19.4 Å². The van der Waals surface area contributed by atoms with Gasteiger partial charge in [-0.15, -0.1) is 11.3 Å². The summed E-state index contributed by atoms with van der Waals surface area (Å²) in [6.07, 6.45) is 1.52. The second-order valence-electron chi connectivity index (χ2n) is 6.75. The summed E-state index contributed by atoms with van der Waals surface area (Å²) >= 11 is 1.50. The fourth-order valence-electron chi connectivity index (χ4n) is 3.76. The Bertz CT molecular complexity index is 889. The van der Waals surface area contributed by atoms with Crippen LogP contribution in [0, 0.1) is 0 Å². The molecular weight excluding hydrogens is 360 g/mol. The Balaban J connectivity index is 1.69. The zero-order valence-corrected chi connectivity index (χ0v) is 16.1. The van der Waals surface area contributed by atoms with Crippen molar-refractivity contribution in [3.63, 3.8) is 0 Å². The highest BCUT2D eigenvalue weighted by molar-refractivity contribution is 7.11. The number of benzene rings is 1. The van der Waals surface area contributed by atoms with Crippen molar-refractivity contribution >= 4 is 28.7 Å². The minimum atomic E-state index is -0.188. The normalized spacial score (nSPS) is 17.1. The van der Waals surface area contributed by atoms with Gasteiger partial charge in [0.15, 0.2) is 0 Å². The van der Waals surface area contributed by atoms with E-state index in [1.165, 1.54) is 27.4 Å². The molecule has 0 aliphatic carbocycles. The Morgan fingerprint density at radius 2 is 1.89 bits per heavy atom. The number of hydrogen-bond donors (Lipinski definition) is 0. The van der Waals surface area contributed by atoms with E-state index in [2.05, 4.69) is 17.0 Å². The standard InChI is InChI=1S/C21H22N2O3S/c1-26-12-5-10-23-20(24)18(17-8-4-13-27-17)19(21(23)25)22-11-9-15-6-2-3-7-16(15)14-22/h2-4,6-8,13H,5,9-12,14H2,1H3. The van der Waals surface area contributed by atoms with Gasteiger partial charge in [0.25, 0.3) is 11.8 Å². The van der Waals surface area contributed by atoms with E-state index in [1.807, 2.05) is 29.6 Å². The number of ether oxygens (including phenoxy) is 1. The van der Waals surface area contributed by atoms with Crippen LogP contribution in [0.25, 0.3) is 5.57 Å². The van der Waals surface area contributed by atoms with Crippen LogP contribution in [0.1, 0.15) is 22.4 Å². The number of carbonyl (C=O) groups is 2. The monoisotopic (exact) mass is 382 g/mol. The van der Waals surface area contributed by atoms with Crippen LogP contribution in [0.2, 0.25) is 0 Å². The zero-order chi connectivity index (χ0) is 18.8. The van der Waals surface area contributed by atoms with Gasteiger partial charge in [0.1, 0.15) is 5.70 Å². The summed E-state index contributed by atoms with van der Waals surface area (Å²) in [6, 6.07) is 12.1. The van der Waals surface area contributed by atoms with E-state index < -0.39 is 0 Å². The summed E-state index contributed by atoms with van der Waals surface area (Å²) in [5, 5.41) is 1.94. The summed E-state index contributed by atoms with van der Waals surface area (Å²) in [7, 11) is 1.62. The third-order valence-corrected chi connectivity index (χ3v) is 5.98. The van der Waals surface area contributed by atoms with Crippen LogP contribution >= 0.6 is 11.3 Å². The van der Waals surface area contributed by atoms with Gasteiger partial charge in [-0.1, -0.05) is 30.3 Å². The van der Waals surface area contributed by atoms with E-state index >= 15 is 0 Å². The highest BCUT2D eigenvalue weighted by atomic mass is 32.1. The van der Waals surface area contributed by atoms with Crippen LogP contribution in [-0.4, -0.2) is 48.4 Å². The Morgan fingerprint density at radius 1 is 1.07 bits per heavy atom. The first kappa shape index (κ1) is 17.9. The fourth-order valence-corrected chi connectivity index (χ4v) is 4.52. The van der Waals surface area contributed by atoms with Gasteiger partial charge >= 0.3 is 0 Å². The lowest BCUT2D eigenvalue weighted by molar-refractivity contribution is -0.137. The highest BCUT2D eigenvalue weighted by Gasteiger charge is 2.42. The van der Waals surface area contributed by atoms with Gasteiger partial charge in [0.05, 0.1) is 5.57 Å². The molecule has 0 N–H and O–H groups in total. The van der Waals surface area contributed by atoms with Crippen molar-refractivity contribution in [2.24, 2.45) is 0 Å². The quantitative estimate of drug-likeness (QED) is 0.569. The van der Waals surface area contributed by atoms with E-state index in [9.17, 15) is 9.59 Å². The molecule has 3 heterocycles. The Labute approximate surface area is 162 Å². The lowest BCUT2D eigenvalue weighted by atomic mass is 9.99. The third kappa shape index (κ3) is 3.31. The molecule has 0 saturated heterocycles. The van der Waals surface area contributed by atoms with Crippen LogP contribution in [0.15, 0.2) is 47.5 Å². The Morgan fingerprint density at radius 3 is 2.63 bits per heavy atom. The fraction of sp³-hybridized carbons (Fsp3) is 0.333. The summed E-state index contributed by atoms with van der Waals surface area (Å²) < 4.78 is 5.08. The minimum Gasteiger partial charge on any atom is -0.385 e. The number of hydrogen-bond acceptors (Lipinski definition) is 5. The van der Waals surface area contributed by atoms with Crippen LogP contribution in [-0.2, 0) is 27.3 Å². The van der Waals surface area contributed by atoms with E-state index in [1.54, 1.807) is 7.11 Å². The molecular formula is C21H22N2O3S. The first-order valence-electron chi connectivity index (χ1n) is 9.15. The van der Waals surface area contributed by atoms with Crippen LogP contribution in [0.5, 0.6) is 0 Å². The first-order chi connectivity index (χ1) is 13.2. The van der Waals surface area contributed by atoms with Crippen LogP contribution < -0.4 is 0 Å². The molecule has 1 aromatic carbocycles. The Hall–Kier alpha value is -2.44. The van der Waals surface area contributed by atoms with Crippen molar-refractivity contribution in [3.05, 3.63) is 63.5 Å². The molecule has 0 spiro atoms. The molecule has 0 bridgehead atoms. The van der Waals surface area contributed by atoms with Crippen molar-refractivity contribution in [1.29, 1.82) is 0 Å². The number of nitrogens with zero attached hydrogens (tertiary/aromatic N) is 2. The van der Waals surface area contributed by atoms with E-state index in [-0.39, 0.29) is 11.8 Å². The molecule has 2 aliphatic heterocycles. The molecule has 0 atom stereocenters. The molecule has 1 aromatic heterocycles. The molecule has 6 heteroatoms. The number of rotatable bonds is 6. The van der Waals surface area contributed by atoms with Crippen LogP contribution in [0.4, 0.5) is 0 Å². The highest BCUT2D eigenvalue weighted by Crippen LogP contribution is 2.36. The average Bonchev–Trinajstić information content (AvgIpc) is 3.29. The summed E-state index contributed by atoms with van der Waals surface area (Å²) in [5.74, 6) is -0.369. The maximum Gasteiger partial charge on any atom is 0.277 e. The van der Waals surface area contributed by atoms with Gasteiger partial charge in [-0.05, 0) is 35.4 Å². The molecule has 0 saturated carbocycles. The Kier molecular flexibility index (Phi) is 5.09. The van der Waals surface area contributed by atoms with Crippen molar-refractivity contribution < 1.29 is 14.3 Å². The molecule has 0 radical (unpaired) electrons. The van der Waals surface area contributed by atoms with E-state index in [0.717, 1.165) is 17.8 Å². The number of amides is 2. The maximum atomic E-state index is 13.2. The zero-order valence-electron chi connectivity index (χ0n) is 15.3. The largest absolute Gasteiger partial charge is 0.385 e.